The Hall–Kier alpha value is -3.15. The molecule has 1 heterocycles. The first kappa shape index (κ1) is 18.2. The van der Waals surface area contributed by atoms with Gasteiger partial charge in [-0.05, 0) is 60.9 Å². The Morgan fingerprint density at radius 2 is 2.04 bits per heavy atom. The summed E-state index contributed by atoms with van der Waals surface area (Å²) in [4.78, 5) is 20.8. The molecule has 3 aromatic rings. The summed E-state index contributed by atoms with van der Waals surface area (Å²) >= 11 is 0. The third-order valence-corrected chi connectivity index (χ3v) is 4.82. The SMILES string of the molecule is [B]Oc1ccc(C(CC)=Nc2ccc3oc(C4=CCC(=O)CC4)nc3c2)cc1. The molecular weight excluding hydrogens is 351 g/mol. The van der Waals surface area contributed by atoms with Crippen LogP contribution in [0.1, 0.15) is 44.1 Å². The van der Waals surface area contributed by atoms with Crippen LogP contribution in [0.5, 0.6) is 5.75 Å². The smallest absolute Gasteiger partial charge is 0.374 e. The van der Waals surface area contributed by atoms with E-state index in [-0.39, 0.29) is 5.78 Å². The number of allylic oxidation sites excluding steroid dienone is 2. The molecule has 2 radical (unpaired) electrons. The number of aromatic nitrogens is 1. The van der Waals surface area contributed by atoms with Gasteiger partial charge in [0.25, 0.3) is 0 Å². The van der Waals surface area contributed by atoms with Crippen LogP contribution < -0.4 is 4.65 Å². The van der Waals surface area contributed by atoms with Gasteiger partial charge in [-0.2, -0.15) is 0 Å². The van der Waals surface area contributed by atoms with Gasteiger partial charge in [-0.1, -0.05) is 13.0 Å². The minimum atomic E-state index is 0.259. The van der Waals surface area contributed by atoms with Crippen LogP contribution >= 0.6 is 0 Å². The molecule has 138 valence electrons. The highest BCUT2D eigenvalue weighted by Gasteiger charge is 2.16. The van der Waals surface area contributed by atoms with E-state index in [1.54, 1.807) is 0 Å². The second-order valence-electron chi connectivity index (χ2n) is 6.70. The average Bonchev–Trinajstić information content (AvgIpc) is 3.16. The van der Waals surface area contributed by atoms with Gasteiger partial charge in [0.15, 0.2) is 5.58 Å². The van der Waals surface area contributed by atoms with E-state index in [2.05, 4.69) is 11.9 Å². The van der Waals surface area contributed by atoms with Crippen molar-refractivity contribution in [3.8, 4) is 5.75 Å². The molecule has 0 bridgehead atoms. The molecule has 0 amide bonds. The van der Waals surface area contributed by atoms with Crippen LogP contribution in [0.2, 0.25) is 0 Å². The van der Waals surface area contributed by atoms with Crippen molar-refractivity contribution in [3.63, 3.8) is 0 Å². The molecule has 0 N–H and O–H groups in total. The Labute approximate surface area is 164 Å². The largest absolute Gasteiger partial charge is 0.568 e. The highest BCUT2D eigenvalue weighted by atomic mass is 16.4. The summed E-state index contributed by atoms with van der Waals surface area (Å²) in [5, 5.41) is 0. The van der Waals surface area contributed by atoms with Crippen molar-refractivity contribution in [2.24, 2.45) is 4.99 Å². The number of benzene rings is 2. The van der Waals surface area contributed by atoms with E-state index in [0.717, 1.165) is 34.5 Å². The third-order valence-electron chi connectivity index (χ3n) is 4.82. The molecule has 28 heavy (non-hydrogen) atoms. The van der Waals surface area contributed by atoms with Gasteiger partial charge in [0.05, 0.1) is 11.4 Å². The number of nitrogens with zero attached hydrogens (tertiary/aromatic N) is 2. The summed E-state index contributed by atoms with van der Waals surface area (Å²) < 4.78 is 10.6. The van der Waals surface area contributed by atoms with Crippen molar-refractivity contribution in [2.75, 3.05) is 0 Å². The van der Waals surface area contributed by atoms with Gasteiger partial charge in [0, 0.05) is 24.1 Å². The molecule has 1 aliphatic carbocycles. The van der Waals surface area contributed by atoms with Crippen LogP contribution in [0, 0.1) is 0 Å². The molecule has 5 nitrogen and oxygen atoms in total. The Kier molecular flexibility index (Phi) is 5.11. The predicted octanol–water partition coefficient (Wildman–Crippen LogP) is 4.96. The molecule has 0 fully saturated rings. The topological polar surface area (TPSA) is 64.7 Å². The van der Waals surface area contributed by atoms with E-state index >= 15 is 0 Å². The first-order chi connectivity index (χ1) is 13.7. The molecule has 0 spiro atoms. The number of carbonyl (C=O) groups excluding carboxylic acids is 1. The zero-order valence-electron chi connectivity index (χ0n) is 15.6. The maximum atomic E-state index is 11.4. The number of fused-ring (bicyclic) bond motifs is 1. The lowest BCUT2D eigenvalue weighted by atomic mass is 9.99. The van der Waals surface area contributed by atoms with E-state index in [1.165, 1.54) is 0 Å². The van der Waals surface area contributed by atoms with E-state index < -0.39 is 0 Å². The summed E-state index contributed by atoms with van der Waals surface area (Å²) in [6, 6.07) is 13.2. The number of hydrogen-bond donors (Lipinski definition) is 0. The quantitative estimate of drug-likeness (QED) is 0.471. The summed E-state index contributed by atoms with van der Waals surface area (Å²) in [5.74, 6) is 1.46. The number of aliphatic imine (C=N–C) groups is 1. The lowest BCUT2D eigenvalue weighted by Gasteiger charge is -2.07. The first-order valence-corrected chi connectivity index (χ1v) is 9.32. The van der Waals surface area contributed by atoms with Gasteiger partial charge in [0.1, 0.15) is 11.3 Å². The van der Waals surface area contributed by atoms with E-state index in [4.69, 9.17) is 22.1 Å². The molecule has 0 atom stereocenters. The van der Waals surface area contributed by atoms with Crippen molar-refractivity contribution >= 4 is 41.9 Å². The van der Waals surface area contributed by atoms with Crippen LogP contribution in [-0.4, -0.2) is 24.5 Å². The van der Waals surface area contributed by atoms with Crippen LogP contribution in [0.25, 0.3) is 16.7 Å². The van der Waals surface area contributed by atoms with E-state index in [1.807, 2.05) is 48.5 Å². The van der Waals surface area contributed by atoms with Crippen LogP contribution in [-0.2, 0) is 4.79 Å². The first-order valence-electron chi connectivity index (χ1n) is 9.32. The van der Waals surface area contributed by atoms with Crippen molar-refractivity contribution in [1.82, 2.24) is 4.98 Å². The standard InChI is InChI=1S/C22H19BN2O3/c1-2-19(14-5-10-18(28-23)11-6-14)24-16-7-12-21-20(13-16)25-22(27-21)15-3-8-17(26)9-4-15/h3,5-7,10-13H,2,4,8-9H2,1H3. The third kappa shape index (κ3) is 3.76. The number of rotatable bonds is 5. The molecule has 6 heteroatoms. The van der Waals surface area contributed by atoms with Crippen LogP contribution in [0.4, 0.5) is 5.69 Å². The predicted molar refractivity (Wildman–Crippen MR) is 110 cm³/mol. The average molecular weight is 370 g/mol. The molecule has 0 saturated heterocycles. The molecule has 0 saturated carbocycles. The second kappa shape index (κ2) is 7.84. The Morgan fingerprint density at radius 3 is 2.71 bits per heavy atom. The summed E-state index contributed by atoms with van der Waals surface area (Å²) in [7, 11) is 5.18. The molecule has 1 aromatic heterocycles. The number of oxazole rings is 1. The van der Waals surface area contributed by atoms with Crippen molar-refractivity contribution in [1.29, 1.82) is 0 Å². The second-order valence-corrected chi connectivity index (χ2v) is 6.70. The van der Waals surface area contributed by atoms with Crippen LogP contribution in [0.3, 0.4) is 0 Å². The lowest BCUT2D eigenvalue weighted by Crippen LogP contribution is -2.02. The molecule has 1 aliphatic rings. The van der Waals surface area contributed by atoms with Gasteiger partial charge in [0.2, 0.25) is 5.89 Å². The Morgan fingerprint density at radius 1 is 1.21 bits per heavy atom. The maximum absolute atomic E-state index is 11.4. The van der Waals surface area contributed by atoms with Crippen molar-refractivity contribution < 1.29 is 13.9 Å². The molecule has 2 aromatic carbocycles. The minimum absolute atomic E-state index is 0.259. The number of hydrogen-bond acceptors (Lipinski definition) is 5. The van der Waals surface area contributed by atoms with Gasteiger partial charge in [-0.15, -0.1) is 0 Å². The summed E-state index contributed by atoms with van der Waals surface area (Å²) in [6.07, 6.45) is 4.38. The zero-order valence-corrected chi connectivity index (χ0v) is 15.6. The van der Waals surface area contributed by atoms with E-state index in [0.29, 0.717) is 36.5 Å². The van der Waals surface area contributed by atoms with Gasteiger partial charge in [-0.3, -0.25) is 9.79 Å². The monoisotopic (exact) mass is 370 g/mol. The fraction of sp³-hybridized carbons (Fsp3) is 0.227. The molecule has 0 unspecified atom stereocenters. The Bertz CT molecular complexity index is 1080. The number of ketones is 1. The van der Waals surface area contributed by atoms with Gasteiger partial charge < -0.3 is 9.07 Å². The molecule has 0 aliphatic heterocycles. The normalized spacial score (nSPS) is 15.0. The molecular formula is C22H19BN2O3. The Balaban J connectivity index is 1.64. The maximum Gasteiger partial charge on any atom is 0.374 e. The fourth-order valence-corrected chi connectivity index (χ4v) is 3.26. The lowest BCUT2D eigenvalue weighted by molar-refractivity contribution is -0.118. The molecule has 4 rings (SSSR count). The summed E-state index contributed by atoms with van der Waals surface area (Å²) in [5.41, 5.74) is 5.26. The highest BCUT2D eigenvalue weighted by Crippen LogP contribution is 2.29. The number of Topliss-reactive ketones (excluding diaryl/α,β-unsaturated/α-hetero) is 1. The fourth-order valence-electron chi connectivity index (χ4n) is 3.26. The van der Waals surface area contributed by atoms with Crippen LogP contribution in [0.15, 0.2) is 58.0 Å². The van der Waals surface area contributed by atoms with Gasteiger partial charge >= 0.3 is 8.05 Å². The van der Waals surface area contributed by atoms with Crippen molar-refractivity contribution in [2.45, 2.75) is 32.6 Å². The zero-order chi connectivity index (χ0) is 19.5. The summed E-state index contributed by atoms with van der Waals surface area (Å²) in [6.45, 7) is 2.07. The number of carbonyl (C=O) groups is 1. The van der Waals surface area contributed by atoms with Gasteiger partial charge in [-0.25, -0.2) is 4.98 Å². The van der Waals surface area contributed by atoms with E-state index in [9.17, 15) is 4.79 Å². The highest BCUT2D eigenvalue weighted by molar-refractivity contribution is 6.02. The van der Waals surface area contributed by atoms with Crippen molar-refractivity contribution in [3.05, 3.63) is 60.0 Å². The minimum Gasteiger partial charge on any atom is -0.568 e.